The Balaban J connectivity index is 1.58. The number of urea groups is 1. The lowest BCUT2D eigenvalue weighted by Gasteiger charge is -2.18. The van der Waals surface area contributed by atoms with Crippen LogP contribution in [0.4, 0.5) is 21.9 Å². The Morgan fingerprint density at radius 3 is 2.14 bits per heavy atom. The number of amides is 4. The number of nitrogens with one attached hydrogen (secondary N) is 4. The number of carboxylic acid groups (broad SMARTS) is 2. The van der Waals surface area contributed by atoms with Gasteiger partial charge in [0.1, 0.15) is 5.75 Å². The van der Waals surface area contributed by atoms with Gasteiger partial charge in [-0.3, -0.25) is 19.2 Å². The molecule has 0 spiro atoms. The molecule has 0 aromatic heterocycles. The highest BCUT2D eigenvalue weighted by atomic mass is 16.5. The lowest BCUT2D eigenvalue weighted by molar-refractivity contribution is -0.138. The molecule has 0 saturated carbocycles. The zero-order valence-corrected chi connectivity index (χ0v) is 23.8. The van der Waals surface area contributed by atoms with E-state index in [9.17, 15) is 29.1 Å². The van der Waals surface area contributed by atoms with Gasteiger partial charge in [-0.25, -0.2) is 4.79 Å². The summed E-state index contributed by atoms with van der Waals surface area (Å²) in [7, 11) is 1.46. The number of ether oxygens (including phenoxy) is 1. The van der Waals surface area contributed by atoms with Crippen molar-refractivity contribution in [3.63, 3.8) is 0 Å². The maximum Gasteiger partial charge on any atom is 0.323 e. The molecule has 3 rings (SSSR count). The number of para-hydroxylation sites is 1. The van der Waals surface area contributed by atoms with E-state index in [0.717, 1.165) is 5.56 Å². The average molecular weight is 591 g/mol. The van der Waals surface area contributed by atoms with E-state index in [1.54, 1.807) is 48.5 Å². The number of aryl methyl sites for hydroxylation is 1. The number of carbonyl (C=O) groups excluding carboxylic acids is 3. The van der Waals surface area contributed by atoms with Crippen LogP contribution >= 0.6 is 0 Å². The van der Waals surface area contributed by atoms with E-state index in [-0.39, 0.29) is 38.0 Å². The van der Waals surface area contributed by atoms with Crippen molar-refractivity contribution in [3.8, 4) is 5.75 Å². The Labute approximate surface area is 248 Å². The van der Waals surface area contributed by atoms with Crippen LogP contribution in [0.5, 0.6) is 5.75 Å². The molecule has 0 bridgehead atoms. The SMILES string of the molecule is COc1cc(CC(=O)Nc2ccc([C@@H](CC(=O)O)NC(=O)CCCC(=O)O)cc2)ccc1NC(=O)Nc1ccccc1C. The molecule has 0 aliphatic carbocycles. The summed E-state index contributed by atoms with van der Waals surface area (Å²) < 4.78 is 5.41. The minimum Gasteiger partial charge on any atom is -0.495 e. The van der Waals surface area contributed by atoms with Gasteiger partial charge in [-0.15, -0.1) is 0 Å². The highest BCUT2D eigenvalue weighted by molar-refractivity contribution is 6.01. The minimum absolute atomic E-state index is 0.0157. The Hall–Kier alpha value is -5.39. The Kier molecular flexibility index (Phi) is 11.6. The molecule has 6 N–H and O–H groups in total. The largest absolute Gasteiger partial charge is 0.495 e. The first-order chi connectivity index (χ1) is 20.5. The second-order valence-corrected chi connectivity index (χ2v) is 9.74. The van der Waals surface area contributed by atoms with E-state index in [1.165, 1.54) is 7.11 Å². The Morgan fingerprint density at radius 2 is 1.49 bits per heavy atom. The maximum absolute atomic E-state index is 12.7. The standard InChI is InChI=1S/C31H34N4O8/c1-19-6-3-4-7-23(19)34-31(42)35-24-15-10-20(16-26(24)43-2)17-28(37)32-22-13-11-21(12-14-22)25(18-30(40)41)33-27(36)8-5-9-29(38)39/h3-4,6-7,10-16,25H,5,8-9,17-18H2,1-2H3,(H,32,37)(H,33,36)(H,38,39)(H,40,41)(H2,34,35,42)/t25-/m1/s1. The van der Waals surface area contributed by atoms with E-state index in [1.807, 2.05) is 25.1 Å². The number of benzene rings is 3. The maximum atomic E-state index is 12.7. The lowest BCUT2D eigenvalue weighted by Crippen LogP contribution is -2.30. The van der Waals surface area contributed by atoms with Crippen molar-refractivity contribution in [2.75, 3.05) is 23.1 Å². The van der Waals surface area contributed by atoms with Gasteiger partial charge in [-0.1, -0.05) is 36.4 Å². The number of hydrogen-bond donors (Lipinski definition) is 6. The molecule has 0 heterocycles. The quantitative estimate of drug-likeness (QED) is 0.156. The van der Waals surface area contributed by atoms with Crippen molar-refractivity contribution in [2.24, 2.45) is 0 Å². The second kappa shape index (κ2) is 15.6. The summed E-state index contributed by atoms with van der Waals surface area (Å²) in [5.74, 6) is -2.52. The smallest absolute Gasteiger partial charge is 0.323 e. The molecule has 4 amide bonds. The Morgan fingerprint density at radius 1 is 0.791 bits per heavy atom. The van der Waals surface area contributed by atoms with E-state index in [4.69, 9.17) is 9.84 Å². The van der Waals surface area contributed by atoms with Crippen LogP contribution in [-0.2, 0) is 25.6 Å². The van der Waals surface area contributed by atoms with Crippen molar-refractivity contribution < 1.29 is 38.9 Å². The summed E-state index contributed by atoms with van der Waals surface area (Å²) in [5, 5.41) is 28.9. The molecule has 12 heteroatoms. The molecule has 0 aliphatic rings. The number of rotatable bonds is 14. The third-order valence-corrected chi connectivity index (χ3v) is 6.38. The van der Waals surface area contributed by atoms with Gasteiger partial charge < -0.3 is 36.2 Å². The molecule has 43 heavy (non-hydrogen) atoms. The van der Waals surface area contributed by atoms with E-state index in [0.29, 0.717) is 33.9 Å². The number of aliphatic carboxylic acids is 2. The monoisotopic (exact) mass is 590 g/mol. The lowest BCUT2D eigenvalue weighted by atomic mass is 10.0. The van der Waals surface area contributed by atoms with Crippen LogP contribution in [0, 0.1) is 6.92 Å². The fraction of sp³-hybridized carbons (Fsp3) is 0.258. The van der Waals surface area contributed by atoms with Crippen LogP contribution in [0.2, 0.25) is 0 Å². The van der Waals surface area contributed by atoms with Gasteiger partial charge >= 0.3 is 18.0 Å². The van der Waals surface area contributed by atoms with Crippen molar-refractivity contribution in [1.29, 1.82) is 0 Å². The summed E-state index contributed by atoms with van der Waals surface area (Å²) in [6.07, 6.45) is -0.414. The number of carboxylic acids is 2. The first kappa shape index (κ1) is 32.1. The fourth-order valence-electron chi connectivity index (χ4n) is 4.22. The zero-order valence-electron chi connectivity index (χ0n) is 23.8. The van der Waals surface area contributed by atoms with E-state index >= 15 is 0 Å². The summed E-state index contributed by atoms with van der Waals surface area (Å²) in [4.78, 5) is 59.4. The van der Waals surface area contributed by atoms with Crippen molar-refractivity contribution in [3.05, 3.63) is 83.4 Å². The molecule has 3 aromatic rings. The van der Waals surface area contributed by atoms with Crippen molar-refractivity contribution in [2.45, 2.75) is 45.1 Å². The molecular weight excluding hydrogens is 556 g/mol. The first-order valence-electron chi connectivity index (χ1n) is 13.5. The summed E-state index contributed by atoms with van der Waals surface area (Å²) >= 11 is 0. The number of hydrogen-bond acceptors (Lipinski definition) is 6. The fourth-order valence-corrected chi connectivity index (χ4v) is 4.22. The van der Waals surface area contributed by atoms with Gasteiger partial charge in [0.05, 0.1) is 31.7 Å². The number of carbonyl (C=O) groups is 5. The molecule has 0 fully saturated rings. The highest BCUT2D eigenvalue weighted by Gasteiger charge is 2.19. The van der Waals surface area contributed by atoms with Crippen LogP contribution in [-0.4, -0.2) is 47.1 Å². The summed E-state index contributed by atoms with van der Waals surface area (Å²) in [5.41, 5.74) is 3.65. The topological polar surface area (TPSA) is 183 Å². The van der Waals surface area contributed by atoms with E-state index < -0.39 is 29.9 Å². The summed E-state index contributed by atoms with van der Waals surface area (Å²) in [6, 6.07) is 17.5. The molecule has 12 nitrogen and oxygen atoms in total. The number of anilines is 3. The van der Waals surface area contributed by atoms with Gasteiger partial charge in [0.15, 0.2) is 0 Å². The molecule has 0 unspecified atom stereocenters. The third-order valence-electron chi connectivity index (χ3n) is 6.38. The molecule has 226 valence electrons. The molecule has 3 aromatic carbocycles. The molecule has 1 atom stereocenters. The predicted octanol–water partition coefficient (Wildman–Crippen LogP) is 4.72. The minimum atomic E-state index is -1.11. The summed E-state index contributed by atoms with van der Waals surface area (Å²) in [6.45, 7) is 1.88. The van der Waals surface area contributed by atoms with Gasteiger partial charge in [-0.2, -0.15) is 0 Å². The Bertz CT molecular complexity index is 1470. The predicted molar refractivity (Wildman–Crippen MR) is 160 cm³/mol. The van der Waals surface area contributed by atoms with Crippen molar-refractivity contribution >= 4 is 46.8 Å². The molecule has 0 saturated heterocycles. The molecular formula is C31H34N4O8. The van der Waals surface area contributed by atoms with Crippen molar-refractivity contribution in [1.82, 2.24) is 5.32 Å². The first-order valence-corrected chi connectivity index (χ1v) is 13.5. The number of methoxy groups -OCH3 is 1. The molecule has 0 radical (unpaired) electrons. The van der Waals surface area contributed by atoms with Crippen LogP contribution < -0.4 is 26.0 Å². The van der Waals surface area contributed by atoms with Gasteiger partial charge in [0.2, 0.25) is 11.8 Å². The van der Waals surface area contributed by atoms with E-state index in [2.05, 4.69) is 21.3 Å². The van der Waals surface area contributed by atoms with Crippen LogP contribution in [0.15, 0.2) is 66.7 Å². The third kappa shape index (κ3) is 10.5. The molecule has 0 aliphatic heterocycles. The second-order valence-electron chi connectivity index (χ2n) is 9.74. The average Bonchev–Trinajstić information content (AvgIpc) is 2.94. The van der Waals surface area contributed by atoms with Gasteiger partial charge in [0.25, 0.3) is 0 Å². The zero-order chi connectivity index (χ0) is 31.4. The van der Waals surface area contributed by atoms with Crippen LogP contribution in [0.1, 0.15) is 48.4 Å². The van der Waals surface area contributed by atoms with Crippen LogP contribution in [0.25, 0.3) is 0 Å². The van der Waals surface area contributed by atoms with Crippen LogP contribution in [0.3, 0.4) is 0 Å². The van der Waals surface area contributed by atoms with Gasteiger partial charge in [0, 0.05) is 24.2 Å². The highest BCUT2D eigenvalue weighted by Crippen LogP contribution is 2.27. The normalized spacial score (nSPS) is 11.1. The van der Waals surface area contributed by atoms with Gasteiger partial charge in [-0.05, 0) is 60.4 Å².